The van der Waals surface area contributed by atoms with Gasteiger partial charge in [-0.3, -0.25) is 5.73 Å². The van der Waals surface area contributed by atoms with Gasteiger partial charge in [-0.1, -0.05) is 54.2 Å². The summed E-state index contributed by atoms with van der Waals surface area (Å²) in [5, 5.41) is 10.5. The van der Waals surface area contributed by atoms with E-state index in [1.165, 1.54) is 19.3 Å². The van der Waals surface area contributed by atoms with Crippen LogP contribution in [0, 0.1) is 0 Å². The maximum Gasteiger partial charge on any atom is 0.147 e. The van der Waals surface area contributed by atoms with Crippen LogP contribution in [0.2, 0.25) is 0 Å². The first-order chi connectivity index (χ1) is 12.7. The zero-order valence-electron chi connectivity index (χ0n) is 15.0. The van der Waals surface area contributed by atoms with E-state index in [0.29, 0.717) is 0 Å². The predicted molar refractivity (Wildman–Crippen MR) is 110 cm³/mol. The lowest BCUT2D eigenvalue weighted by Gasteiger charge is -2.15. The Balaban J connectivity index is 1.76. The third-order valence-electron chi connectivity index (χ3n) is 4.38. The lowest BCUT2D eigenvalue weighted by Crippen LogP contribution is -2.26. The Morgan fingerprint density at radius 3 is 2.65 bits per heavy atom. The van der Waals surface area contributed by atoms with Crippen molar-refractivity contribution in [3.63, 3.8) is 0 Å². The molecule has 0 saturated heterocycles. The highest BCUT2D eigenvalue weighted by Crippen LogP contribution is 2.29. The zero-order valence-corrected chi connectivity index (χ0v) is 16.6. The second kappa shape index (κ2) is 9.10. The molecular weight excluding hydrogens is 390 g/mol. The van der Waals surface area contributed by atoms with Crippen LogP contribution in [0.4, 0.5) is 0 Å². The van der Waals surface area contributed by atoms with Crippen LogP contribution in [0.5, 0.6) is 5.75 Å². The van der Waals surface area contributed by atoms with Gasteiger partial charge < -0.3 is 4.74 Å². The number of nitrogens with two attached hydrogens (primary N) is 1. The second-order valence-corrected chi connectivity index (χ2v) is 7.37. The molecule has 0 saturated carbocycles. The smallest absolute Gasteiger partial charge is 0.147 e. The van der Waals surface area contributed by atoms with Gasteiger partial charge in [0.2, 0.25) is 0 Å². The van der Waals surface area contributed by atoms with Crippen LogP contribution >= 0.6 is 15.9 Å². The summed E-state index contributed by atoms with van der Waals surface area (Å²) in [5.74, 6) is 0.773. The summed E-state index contributed by atoms with van der Waals surface area (Å²) < 4.78 is 6.93. The molecule has 0 bridgehead atoms. The van der Waals surface area contributed by atoms with Crippen molar-refractivity contribution < 1.29 is 4.74 Å². The summed E-state index contributed by atoms with van der Waals surface area (Å²) >= 11 is 3.46. The van der Waals surface area contributed by atoms with Gasteiger partial charge in [-0.05, 0) is 43.2 Å². The molecule has 0 aliphatic heterocycles. The van der Waals surface area contributed by atoms with Gasteiger partial charge in [-0.25, -0.2) is 0 Å². The molecule has 3 rings (SSSR count). The number of rotatable bonds is 8. The van der Waals surface area contributed by atoms with Gasteiger partial charge in [0.15, 0.2) is 0 Å². The fourth-order valence-corrected chi connectivity index (χ4v) is 3.23. The summed E-state index contributed by atoms with van der Waals surface area (Å²) in [6.07, 6.45) is 7.14. The van der Waals surface area contributed by atoms with Crippen LogP contribution in [-0.2, 0) is 0 Å². The fourth-order valence-electron chi connectivity index (χ4n) is 2.97. The standard InChI is InChI=1S/C21H24BrN3O/c1-2-3-4-5-6-20(23)26-18-11-12-19-16(13-18)14-24-25-21(19)15-7-9-17(22)10-8-15/h7-14,20H,2-6,23H2,1H3. The molecule has 5 heteroatoms. The third kappa shape index (κ3) is 4.80. The van der Waals surface area contributed by atoms with Crippen LogP contribution in [0.1, 0.15) is 39.0 Å². The number of benzene rings is 2. The molecular formula is C21H24BrN3O. The van der Waals surface area contributed by atoms with Gasteiger partial charge in [-0.15, -0.1) is 5.10 Å². The monoisotopic (exact) mass is 413 g/mol. The van der Waals surface area contributed by atoms with Gasteiger partial charge in [0.05, 0.1) is 6.20 Å². The molecule has 1 unspecified atom stereocenters. The number of hydrogen-bond donors (Lipinski definition) is 1. The van der Waals surface area contributed by atoms with Crippen molar-refractivity contribution in [2.75, 3.05) is 0 Å². The van der Waals surface area contributed by atoms with Crippen molar-refractivity contribution in [3.05, 3.63) is 53.1 Å². The summed E-state index contributed by atoms with van der Waals surface area (Å²) in [7, 11) is 0. The average molecular weight is 414 g/mol. The van der Waals surface area contributed by atoms with Crippen molar-refractivity contribution >= 4 is 26.7 Å². The van der Waals surface area contributed by atoms with E-state index in [9.17, 15) is 0 Å². The zero-order chi connectivity index (χ0) is 18.4. The first-order valence-corrected chi connectivity index (χ1v) is 9.90. The summed E-state index contributed by atoms with van der Waals surface area (Å²) in [5.41, 5.74) is 8.01. The molecule has 0 fully saturated rings. The van der Waals surface area contributed by atoms with Gasteiger partial charge in [0.25, 0.3) is 0 Å². The van der Waals surface area contributed by atoms with Crippen LogP contribution in [0.3, 0.4) is 0 Å². The second-order valence-electron chi connectivity index (χ2n) is 6.45. The molecule has 2 N–H and O–H groups in total. The van der Waals surface area contributed by atoms with Gasteiger partial charge in [0, 0.05) is 20.8 Å². The number of unbranched alkanes of at least 4 members (excludes halogenated alkanes) is 3. The van der Waals surface area contributed by atoms with Gasteiger partial charge >= 0.3 is 0 Å². The Bertz CT molecular complexity index is 852. The van der Waals surface area contributed by atoms with E-state index in [1.54, 1.807) is 6.20 Å². The molecule has 1 aromatic heterocycles. The molecule has 1 heterocycles. The number of nitrogens with zero attached hydrogens (tertiary/aromatic N) is 2. The Labute approximate surface area is 162 Å². The van der Waals surface area contributed by atoms with Crippen molar-refractivity contribution in [2.24, 2.45) is 5.73 Å². The fraction of sp³-hybridized carbons (Fsp3) is 0.333. The minimum atomic E-state index is -0.273. The molecule has 2 aromatic carbocycles. The number of hydrogen-bond acceptors (Lipinski definition) is 4. The first kappa shape index (κ1) is 18.8. The minimum Gasteiger partial charge on any atom is -0.476 e. The molecule has 4 nitrogen and oxygen atoms in total. The Morgan fingerprint density at radius 1 is 1.08 bits per heavy atom. The highest BCUT2D eigenvalue weighted by molar-refractivity contribution is 9.10. The number of ether oxygens (including phenoxy) is 1. The summed E-state index contributed by atoms with van der Waals surface area (Å²) in [6.45, 7) is 2.21. The molecule has 0 aliphatic carbocycles. The third-order valence-corrected chi connectivity index (χ3v) is 4.91. The van der Waals surface area contributed by atoms with Crippen LogP contribution in [-0.4, -0.2) is 16.4 Å². The van der Waals surface area contributed by atoms with Crippen molar-refractivity contribution in [1.29, 1.82) is 0 Å². The highest BCUT2D eigenvalue weighted by atomic mass is 79.9. The van der Waals surface area contributed by atoms with E-state index in [0.717, 1.165) is 45.1 Å². The molecule has 3 aromatic rings. The lowest BCUT2D eigenvalue weighted by atomic mass is 10.1. The quantitative estimate of drug-likeness (QED) is 0.380. The van der Waals surface area contributed by atoms with Gasteiger partial charge in [0.1, 0.15) is 17.7 Å². The molecule has 0 aliphatic rings. The number of halogens is 1. The van der Waals surface area contributed by atoms with Gasteiger partial charge in [-0.2, -0.15) is 5.10 Å². The van der Waals surface area contributed by atoms with Crippen LogP contribution < -0.4 is 10.5 Å². The maximum absolute atomic E-state index is 6.11. The molecule has 26 heavy (non-hydrogen) atoms. The first-order valence-electron chi connectivity index (χ1n) is 9.11. The SMILES string of the molecule is CCCCCCC(N)Oc1ccc2c(-c3ccc(Br)cc3)nncc2c1. The summed E-state index contributed by atoms with van der Waals surface area (Å²) in [6, 6.07) is 14.0. The van der Waals surface area contributed by atoms with Crippen molar-refractivity contribution in [1.82, 2.24) is 10.2 Å². The number of aromatic nitrogens is 2. The highest BCUT2D eigenvalue weighted by Gasteiger charge is 2.09. The van der Waals surface area contributed by atoms with E-state index in [2.05, 4.69) is 33.1 Å². The molecule has 136 valence electrons. The van der Waals surface area contributed by atoms with E-state index in [4.69, 9.17) is 10.5 Å². The van der Waals surface area contributed by atoms with E-state index in [-0.39, 0.29) is 6.23 Å². The number of fused-ring (bicyclic) bond motifs is 1. The molecule has 0 spiro atoms. The lowest BCUT2D eigenvalue weighted by molar-refractivity contribution is 0.194. The average Bonchev–Trinajstić information content (AvgIpc) is 2.65. The van der Waals surface area contributed by atoms with Crippen LogP contribution in [0.25, 0.3) is 22.0 Å². The topological polar surface area (TPSA) is 61.0 Å². The molecule has 1 atom stereocenters. The van der Waals surface area contributed by atoms with E-state index in [1.807, 2.05) is 42.5 Å². The normalized spacial score (nSPS) is 12.3. The Morgan fingerprint density at radius 2 is 1.88 bits per heavy atom. The minimum absolute atomic E-state index is 0.273. The van der Waals surface area contributed by atoms with E-state index >= 15 is 0 Å². The van der Waals surface area contributed by atoms with Crippen molar-refractivity contribution in [3.8, 4) is 17.0 Å². The predicted octanol–water partition coefficient (Wildman–Crippen LogP) is 5.69. The Hall–Kier alpha value is -1.98. The van der Waals surface area contributed by atoms with Crippen molar-refractivity contribution in [2.45, 2.75) is 45.3 Å². The summed E-state index contributed by atoms with van der Waals surface area (Å²) in [4.78, 5) is 0. The molecule has 0 radical (unpaired) electrons. The van der Waals surface area contributed by atoms with E-state index < -0.39 is 0 Å². The maximum atomic E-state index is 6.11. The van der Waals surface area contributed by atoms with Crippen LogP contribution in [0.15, 0.2) is 53.1 Å². The Kier molecular flexibility index (Phi) is 6.58. The molecule has 0 amide bonds. The largest absolute Gasteiger partial charge is 0.476 e.